The maximum atomic E-state index is 17.0. The lowest BCUT2D eigenvalue weighted by atomic mass is 9.95. The number of phenolic OH excluding ortho intramolecular Hbond substituents is 1. The van der Waals surface area contributed by atoms with E-state index in [1.807, 2.05) is 9.80 Å². The van der Waals surface area contributed by atoms with Crippen molar-refractivity contribution < 1.29 is 36.5 Å². The van der Waals surface area contributed by atoms with E-state index >= 15 is 4.39 Å². The van der Waals surface area contributed by atoms with Crippen molar-refractivity contribution in [2.45, 2.75) is 37.5 Å². The van der Waals surface area contributed by atoms with Gasteiger partial charge < -0.3 is 24.8 Å². The Hall–Kier alpha value is -4.74. The minimum Gasteiger partial charge on any atom is -0.508 e. The van der Waals surface area contributed by atoms with Crippen molar-refractivity contribution in [3.63, 3.8) is 0 Å². The molecule has 3 aliphatic heterocycles. The number of piperidine rings is 1. The number of anilines is 1. The summed E-state index contributed by atoms with van der Waals surface area (Å²) in [7, 11) is 1.35. The monoisotopic (exact) mass is 692 g/mol. The van der Waals surface area contributed by atoms with Crippen molar-refractivity contribution in [3.8, 4) is 41.2 Å². The Morgan fingerprint density at radius 1 is 1.06 bits per heavy atom. The molecule has 1 saturated carbocycles. The molecule has 5 heterocycles. The average molecular weight is 693 g/mol. The van der Waals surface area contributed by atoms with Crippen molar-refractivity contribution >= 4 is 27.5 Å². The molecule has 4 fully saturated rings. The molecule has 0 radical (unpaired) electrons. The van der Waals surface area contributed by atoms with Crippen LogP contribution in [0.25, 0.3) is 32.9 Å². The number of allylic oxidation sites excluding steroid dienone is 1. The number of aromatic hydroxyl groups is 1. The number of piperazine rings is 1. The van der Waals surface area contributed by atoms with Gasteiger partial charge in [-0.2, -0.15) is 23.1 Å². The van der Waals surface area contributed by atoms with Crippen LogP contribution in [0.4, 0.5) is 27.8 Å². The highest BCUT2D eigenvalue weighted by Gasteiger charge is 2.45. The van der Waals surface area contributed by atoms with Gasteiger partial charge in [0, 0.05) is 61.8 Å². The predicted octanol–water partition coefficient (Wildman–Crippen LogP) is 5.58. The zero-order valence-electron chi connectivity index (χ0n) is 27.0. The predicted molar refractivity (Wildman–Crippen MR) is 176 cm³/mol. The van der Waals surface area contributed by atoms with Crippen molar-refractivity contribution in [2.75, 3.05) is 51.3 Å². The summed E-state index contributed by atoms with van der Waals surface area (Å²) in [4.78, 5) is 17.5. The fourth-order valence-corrected chi connectivity index (χ4v) is 7.88. The summed E-state index contributed by atoms with van der Waals surface area (Å²) in [6, 6.07) is 5.13. The molecule has 2 aromatic carbocycles. The van der Waals surface area contributed by atoms with Crippen LogP contribution in [0.15, 0.2) is 35.9 Å². The molecule has 4 atom stereocenters. The number of fused-ring (bicyclic) bond motifs is 5. The lowest BCUT2D eigenvalue weighted by Gasteiger charge is -2.34. The number of terminal acetylenes is 1. The van der Waals surface area contributed by atoms with Gasteiger partial charge in [0.05, 0.1) is 12.7 Å². The van der Waals surface area contributed by atoms with Crippen LogP contribution in [0.1, 0.15) is 24.8 Å². The van der Waals surface area contributed by atoms with E-state index in [4.69, 9.17) is 15.9 Å². The number of likely N-dealkylation sites (tertiary alicyclic amines) is 1. The zero-order valence-corrected chi connectivity index (χ0v) is 27.0. The first kappa shape index (κ1) is 32.5. The van der Waals surface area contributed by atoms with Crippen LogP contribution < -0.4 is 19.7 Å². The molecule has 2 aromatic heterocycles. The summed E-state index contributed by atoms with van der Waals surface area (Å²) >= 11 is 0. The van der Waals surface area contributed by atoms with Gasteiger partial charge in [0.25, 0.3) is 0 Å². The minimum atomic E-state index is -4.57. The van der Waals surface area contributed by atoms with E-state index in [9.17, 15) is 22.7 Å². The molecule has 4 aromatic rings. The molecule has 4 aliphatic rings. The molecule has 50 heavy (non-hydrogen) atoms. The molecule has 4 unspecified atom stereocenters. The smallest absolute Gasteiger partial charge is 0.409 e. The van der Waals surface area contributed by atoms with Crippen molar-refractivity contribution in [2.24, 2.45) is 11.8 Å². The number of rotatable bonds is 8. The second kappa shape index (κ2) is 12.2. The quantitative estimate of drug-likeness (QED) is 0.140. The summed E-state index contributed by atoms with van der Waals surface area (Å²) in [5.41, 5.74) is -0.770. The number of hydrogen-bond donors (Lipinski definition) is 2. The number of pyridine rings is 1. The van der Waals surface area contributed by atoms with Crippen LogP contribution in [0, 0.1) is 35.8 Å². The number of alkyl halides is 3. The summed E-state index contributed by atoms with van der Waals surface area (Å²) in [5.74, 6) is 1.65. The summed E-state index contributed by atoms with van der Waals surface area (Å²) < 4.78 is 84.4. The Morgan fingerprint density at radius 2 is 1.80 bits per heavy atom. The van der Waals surface area contributed by atoms with Crippen LogP contribution in [0.5, 0.6) is 17.6 Å². The van der Waals surface area contributed by atoms with E-state index in [-0.39, 0.29) is 86.8 Å². The SMILES string of the molecule is C#Cc1c(F)ccc2cc(O)cc(-c3nc(OC)c4c(N5CC6CCC(C5)N6)nc(OC/C(=C\C(F)(F)F)CN5CC6CC6C5)nc4c3F)c12. The number of nitrogens with zero attached hydrogens (tertiary/aromatic N) is 5. The first-order valence-electron chi connectivity index (χ1n) is 16.5. The first-order valence-corrected chi connectivity index (χ1v) is 16.5. The van der Waals surface area contributed by atoms with Crippen LogP contribution >= 0.6 is 0 Å². The molecular weight excluding hydrogens is 659 g/mol. The summed E-state index contributed by atoms with van der Waals surface area (Å²) in [5, 5.41) is 14.8. The number of halogens is 5. The van der Waals surface area contributed by atoms with Crippen molar-refractivity contribution in [1.29, 1.82) is 0 Å². The van der Waals surface area contributed by atoms with Gasteiger partial charge in [0.1, 0.15) is 40.6 Å². The molecule has 260 valence electrons. The largest absolute Gasteiger partial charge is 0.508 e. The molecule has 14 heteroatoms. The lowest BCUT2D eigenvalue weighted by Crippen LogP contribution is -2.51. The molecule has 3 saturated heterocycles. The number of benzene rings is 2. The molecule has 2 bridgehead atoms. The van der Waals surface area contributed by atoms with Gasteiger partial charge in [-0.05, 0) is 60.3 Å². The maximum Gasteiger partial charge on any atom is 0.409 e. The Labute approximate surface area is 284 Å². The van der Waals surface area contributed by atoms with Crippen molar-refractivity contribution in [3.05, 3.63) is 53.1 Å². The highest BCUT2D eigenvalue weighted by Crippen LogP contribution is 2.45. The zero-order chi connectivity index (χ0) is 34.9. The van der Waals surface area contributed by atoms with Gasteiger partial charge >= 0.3 is 12.2 Å². The average Bonchev–Trinajstić information content (AvgIpc) is 3.54. The Bertz CT molecular complexity index is 2080. The standard InChI is InChI=1S/C36H33F5N6O3/c1-3-25-27(37)7-4-19-9-24(48)10-26(28(19)25)31-30(38)32-29(34(43-31)49-2)33(47-15-22-5-6-23(16-47)42-22)45-35(44-32)50-17-18(11-36(39,40)41)12-46-13-20-8-21(20)14-46/h1,4,7,9-11,20-23,42,48H,5-6,8,12-17H2,2H3/b18-11-. The van der Waals surface area contributed by atoms with E-state index in [1.54, 1.807) is 0 Å². The lowest BCUT2D eigenvalue weighted by molar-refractivity contribution is -0.0810. The van der Waals surface area contributed by atoms with Gasteiger partial charge in [-0.1, -0.05) is 12.0 Å². The number of phenols is 1. The number of methoxy groups -OCH3 is 1. The number of aromatic nitrogens is 3. The minimum absolute atomic E-state index is 0.00666. The third-order valence-corrected chi connectivity index (χ3v) is 10.1. The second-order valence-electron chi connectivity index (χ2n) is 13.6. The second-order valence-corrected chi connectivity index (χ2v) is 13.6. The number of ether oxygens (including phenoxy) is 2. The van der Waals surface area contributed by atoms with E-state index in [0.717, 1.165) is 38.4 Å². The molecule has 1 aliphatic carbocycles. The van der Waals surface area contributed by atoms with Crippen LogP contribution in [-0.4, -0.2) is 89.7 Å². The Kier molecular flexibility index (Phi) is 7.95. The summed E-state index contributed by atoms with van der Waals surface area (Å²) in [6.07, 6.45) is 4.32. The van der Waals surface area contributed by atoms with Crippen LogP contribution in [-0.2, 0) is 0 Å². The van der Waals surface area contributed by atoms with E-state index in [2.05, 4.69) is 26.2 Å². The van der Waals surface area contributed by atoms with Gasteiger partial charge in [-0.3, -0.25) is 4.90 Å². The number of hydrogen-bond acceptors (Lipinski definition) is 9. The molecule has 0 spiro atoms. The van der Waals surface area contributed by atoms with E-state index < -0.39 is 24.4 Å². The third-order valence-electron chi connectivity index (χ3n) is 10.1. The molecule has 9 nitrogen and oxygen atoms in total. The van der Waals surface area contributed by atoms with Crippen LogP contribution in [0.3, 0.4) is 0 Å². The first-order chi connectivity index (χ1) is 24.0. The highest BCUT2D eigenvalue weighted by molar-refractivity contribution is 6.04. The van der Waals surface area contributed by atoms with Crippen LogP contribution in [0.2, 0.25) is 0 Å². The fourth-order valence-electron chi connectivity index (χ4n) is 7.88. The Balaban J connectivity index is 1.27. The van der Waals surface area contributed by atoms with Gasteiger partial charge in [0.2, 0.25) is 5.88 Å². The van der Waals surface area contributed by atoms with Gasteiger partial charge in [-0.15, -0.1) is 6.42 Å². The topological polar surface area (TPSA) is 95.9 Å². The third kappa shape index (κ3) is 6.02. The maximum absolute atomic E-state index is 17.0. The molecule has 0 amide bonds. The molecule has 8 rings (SSSR count). The normalized spacial score (nSPS) is 23.4. The van der Waals surface area contributed by atoms with E-state index in [1.165, 1.54) is 25.3 Å². The Morgan fingerprint density at radius 3 is 2.48 bits per heavy atom. The highest BCUT2D eigenvalue weighted by atomic mass is 19.4. The molecule has 2 N–H and O–H groups in total. The fraction of sp³-hybridized carbons (Fsp3) is 0.417. The van der Waals surface area contributed by atoms with Gasteiger partial charge in [-0.25, -0.2) is 13.8 Å². The van der Waals surface area contributed by atoms with Gasteiger partial charge in [0.15, 0.2) is 5.82 Å². The number of nitrogens with one attached hydrogen (secondary N) is 1. The van der Waals surface area contributed by atoms with E-state index in [0.29, 0.717) is 30.3 Å². The molecular formula is C36H33F5N6O3. The van der Waals surface area contributed by atoms with Crippen molar-refractivity contribution in [1.82, 2.24) is 25.2 Å². The summed E-state index contributed by atoms with van der Waals surface area (Å²) in [6.45, 7) is 2.11.